The number of para-hydroxylation sites is 1. The van der Waals surface area contributed by atoms with Gasteiger partial charge in [-0.3, -0.25) is 4.79 Å². The largest absolute Gasteiger partial charge is 0.452 e. The van der Waals surface area contributed by atoms with Crippen molar-refractivity contribution in [3.05, 3.63) is 66.0 Å². The Balaban J connectivity index is 1.57. The van der Waals surface area contributed by atoms with Crippen molar-refractivity contribution in [1.29, 1.82) is 0 Å². The van der Waals surface area contributed by atoms with E-state index in [1.54, 1.807) is 35.2 Å². The number of hydrogen-bond donors (Lipinski definition) is 0. The number of carbonyl (C=O) groups is 2. The maximum atomic E-state index is 13.3. The lowest BCUT2D eigenvalue weighted by Crippen LogP contribution is -2.44. The Morgan fingerprint density at radius 1 is 1.06 bits per heavy atom. The van der Waals surface area contributed by atoms with Gasteiger partial charge < -0.3 is 9.64 Å². The molecule has 0 spiro atoms. The lowest BCUT2D eigenvalue weighted by Gasteiger charge is -2.34. The molecule has 4 rings (SSSR count). The number of ether oxygens (including phenoxy) is 1. The van der Waals surface area contributed by atoms with Gasteiger partial charge in [-0.15, -0.1) is 0 Å². The second-order valence-electron chi connectivity index (χ2n) is 8.40. The monoisotopic (exact) mass is 420 g/mol. The highest BCUT2D eigenvalue weighted by atomic mass is 19.1. The predicted molar refractivity (Wildman–Crippen MR) is 117 cm³/mol. The fourth-order valence-corrected chi connectivity index (χ4v) is 4.28. The zero-order valence-corrected chi connectivity index (χ0v) is 17.7. The van der Waals surface area contributed by atoms with Crippen LogP contribution in [-0.4, -0.2) is 41.5 Å². The van der Waals surface area contributed by atoms with Crippen LogP contribution in [0.15, 0.2) is 54.6 Å². The average molecular weight is 420 g/mol. The molecule has 0 unspecified atom stereocenters. The predicted octanol–water partition coefficient (Wildman–Crippen LogP) is 4.70. The highest BCUT2D eigenvalue weighted by Gasteiger charge is 2.26. The van der Waals surface area contributed by atoms with Crippen LogP contribution in [0.2, 0.25) is 0 Å². The minimum Gasteiger partial charge on any atom is -0.452 e. The number of pyridine rings is 1. The zero-order chi connectivity index (χ0) is 22.0. The van der Waals surface area contributed by atoms with Crippen molar-refractivity contribution in [3.63, 3.8) is 0 Å². The highest BCUT2D eigenvalue weighted by Crippen LogP contribution is 2.26. The number of likely N-dealkylation sites (tertiary alicyclic amines) is 1. The van der Waals surface area contributed by atoms with E-state index in [2.05, 4.69) is 18.8 Å². The van der Waals surface area contributed by atoms with E-state index in [0.717, 1.165) is 6.42 Å². The van der Waals surface area contributed by atoms with E-state index in [9.17, 15) is 14.0 Å². The Morgan fingerprint density at radius 3 is 2.45 bits per heavy atom. The third-order valence-corrected chi connectivity index (χ3v) is 5.62. The van der Waals surface area contributed by atoms with E-state index in [1.807, 2.05) is 12.1 Å². The molecule has 2 aromatic carbocycles. The van der Waals surface area contributed by atoms with Crippen LogP contribution in [-0.2, 0) is 9.53 Å². The molecule has 1 aliphatic rings. The molecule has 2 heterocycles. The number of carbonyl (C=O) groups excluding carboxylic acids is 2. The van der Waals surface area contributed by atoms with Gasteiger partial charge in [0.1, 0.15) is 5.82 Å². The van der Waals surface area contributed by atoms with Crippen LogP contribution in [0, 0.1) is 17.7 Å². The van der Waals surface area contributed by atoms with Crippen LogP contribution in [0.4, 0.5) is 4.39 Å². The lowest BCUT2D eigenvalue weighted by atomic mass is 9.92. The normalized spacial score (nSPS) is 18.7. The van der Waals surface area contributed by atoms with Gasteiger partial charge in [-0.05, 0) is 54.7 Å². The van der Waals surface area contributed by atoms with Crippen molar-refractivity contribution in [2.45, 2.75) is 20.3 Å². The van der Waals surface area contributed by atoms with Crippen molar-refractivity contribution in [3.8, 4) is 11.3 Å². The Labute approximate surface area is 180 Å². The minimum absolute atomic E-state index is 0.177. The first-order valence-electron chi connectivity index (χ1n) is 10.5. The van der Waals surface area contributed by atoms with Crippen molar-refractivity contribution in [1.82, 2.24) is 9.88 Å². The first-order valence-corrected chi connectivity index (χ1v) is 10.5. The first-order chi connectivity index (χ1) is 14.9. The molecule has 3 aromatic rings. The number of fused-ring (bicyclic) bond motifs is 1. The molecule has 1 aliphatic heterocycles. The van der Waals surface area contributed by atoms with Crippen molar-refractivity contribution < 1.29 is 18.7 Å². The van der Waals surface area contributed by atoms with Crippen molar-refractivity contribution in [2.75, 3.05) is 19.7 Å². The van der Waals surface area contributed by atoms with Gasteiger partial charge in [-0.25, -0.2) is 14.2 Å². The highest BCUT2D eigenvalue weighted by molar-refractivity contribution is 6.05. The number of piperidine rings is 1. The number of halogens is 1. The third kappa shape index (κ3) is 4.74. The Kier molecular flexibility index (Phi) is 5.98. The third-order valence-electron chi connectivity index (χ3n) is 5.62. The summed E-state index contributed by atoms with van der Waals surface area (Å²) < 4.78 is 18.7. The summed E-state index contributed by atoms with van der Waals surface area (Å²) in [5.41, 5.74) is 2.18. The summed E-state index contributed by atoms with van der Waals surface area (Å²) >= 11 is 0. The van der Waals surface area contributed by atoms with Gasteiger partial charge >= 0.3 is 5.97 Å². The summed E-state index contributed by atoms with van der Waals surface area (Å²) in [7, 11) is 0. The smallest absolute Gasteiger partial charge is 0.339 e. The Morgan fingerprint density at radius 2 is 1.74 bits per heavy atom. The first kappa shape index (κ1) is 21.0. The molecule has 0 N–H and O–H groups in total. The number of esters is 1. The van der Waals surface area contributed by atoms with Gasteiger partial charge in [0.2, 0.25) is 0 Å². The number of nitrogens with zero attached hydrogens (tertiary/aromatic N) is 2. The topological polar surface area (TPSA) is 59.5 Å². The number of rotatable bonds is 4. The molecule has 5 nitrogen and oxygen atoms in total. The van der Waals surface area contributed by atoms with Gasteiger partial charge in [0.15, 0.2) is 6.61 Å². The molecule has 0 saturated carbocycles. The summed E-state index contributed by atoms with van der Waals surface area (Å²) in [6, 6.07) is 14.8. The van der Waals surface area contributed by atoms with Gasteiger partial charge in [0, 0.05) is 24.0 Å². The molecular formula is C25H25FN2O3. The molecule has 31 heavy (non-hydrogen) atoms. The standard InChI is InChI=1S/C25H25FN2O3/c1-16-11-17(2)14-28(13-16)24(29)15-31-25(30)21-12-23(18-7-9-19(26)10-8-18)27-22-6-4-3-5-20(21)22/h3-10,12,16-17H,11,13-15H2,1-2H3/t16-,17-/m1/s1. The minimum atomic E-state index is -0.576. The Bertz CT molecular complexity index is 1100. The number of aromatic nitrogens is 1. The van der Waals surface area contributed by atoms with E-state index in [4.69, 9.17) is 4.74 Å². The van der Waals surface area contributed by atoms with E-state index < -0.39 is 5.97 Å². The molecular weight excluding hydrogens is 395 g/mol. The van der Waals surface area contributed by atoms with Crippen molar-refractivity contribution in [2.24, 2.45) is 11.8 Å². The van der Waals surface area contributed by atoms with Gasteiger partial charge in [0.25, 0.3) is 5.91 Å². The molecule has 0 bridgehead atoms. The van der Waals surface area contributed by atoms with E-state index in [-0.39, 0.29) is 18.3 Å². The van der Waals surface area contributed by atoms with Gasteiger partial charge in [-0.1, -0.05) is 32.0 Å². The summed E-state index contributed by atoms with van der Waals surface area (Å²) in [6.07, 6.45) is 1.10. The molecule has 1 saturated heterocycles. The van der Waals surface area contributed by atoms with E-state index in [0.29, 0.717) is 52.6 Å². The molecule has 0 radical (unpaired) electrons. The van der Waals surface area contributed by atoms with Crippen LogP contribution in [0.5, 0.6) is 0 Å². The number of amides is 1. The summed E-state index contributed by atoms with van der Waals surface area (Å²) in [5, 5.41) is 0.644. The second-order valence-corrected chi connectivity index (χ2v) is 8.40. The molecule has 1 amide bonds. The fraction of sp³-hybridized carbons (Fsp3) is 0.320. The van der Waals surface area contributed by atoms with Crippen LogP contribution < -0.4 is 0 Å². The Hall–Kier alpha value is -3.28. The molecule has 1 fully saturated rings. The molecule has 0 aliphatic carbocycles. The maximum Gasteiger partial charge on any atom is 0.339 e. The van der Waals surface area contributed by atoms with E-state index in [1.165, 1.54) is 12.1 Å². The molecule has 2 atom stereocenters. The summed E-state index contributed by atoms with van der Waals surface area (Å²) in [4.78, 5) is 31.9. The van der Waals surface area contributed by atoms with Gasteiger partial charge in [-0.2, -0.15) is 0 Å². The van der Waals surface area contributed by atoms with Crippen LogP contribution >= 0.6 is 0 Å². The number of hydrogen-bond acceptors (Lipinski definition) is 4. The zero-order valence-electron chi connectivity index (χ0n) is 17.7. The summed E-state index contributed by atoms with van der Waals surface area (Å²) in [6.45, 7) is 5.34. The van der Waals surface area contributed by atoms with Crippen LogP contribution in [0.3, 0.4) is 0 Å². The molecule has 1 aromatic heterocycles. The second kappa shape index (κ2) is 8.84. The van der Waals surface area contributed by atoms with Gasteiger partial charge in [0.05, 0.1) is 16.8 Å². The quantitative estimate of drug-likeness (QED) is 0.574. The average Bonchev–Trinajstić information content (AvgIpc) is 2.76. The maximum absolute atomic E-state index is 13.3. The van der Waals surface area contributed by atoms with Crippen molar-refractivity contribution >= 4 is 22.8 Å². The SMILES string of the molecule is C[C@@H]1C[C@@H](C)CN(C(=O)COC(=O)c2cc(-c3ccc(F)cc3)nc3ccccc23)C1. The molecule has 6 heteroatoms. The molecule has 160 valence electrons. The fourth-order valence-electron chi connectivity index (χ4n) is 4.28. The summed E-state index contributed by atoms with van der Waals surface area (Å²) in [5.74, 6) is -0.224. The number of benzene rings is 2. The van der Waals surface area contributed by atoms with Crippen LogP contribution in [0.25, 0.3) is 22.2 Å². The van der Waals surface area contributed by atoms with E-state index >= 15 is 0 Å². The lowest BCUT2D eigenvalue weighted by molar-refractivity contribution is -0.137. The van der Waals surface area contributed by atoms with Crippen LogP contribution in [0.1, 0.15) is 30.6 Å².